The van der Waals surface area contributed by atoms with Crippen LogP contribution in [-0.2, 0) is 7.05 Å². The number of nitrogens with zero attached hydrogens (tertiary/aromatic N) is 2. The lowest BCUT2D eigenvalue weighted by molar-refractivity contribution is 0.185. The molecule has 3 rings (SSSR count). The summed E-state index contributed by atoms with van der Waals surface area (Å²) >= 11 is 0. The maximum Gasteiger partial charge on any atom is 0.404 e. The quantitative estimate of drug-likeness (QED) is 0.616. The van der Waals surface area contributed by atoms with Crippen molar-refractivity contribution in [1.82, 2.24) is 14.9 Å². The van der Waals surface area contributed by atoms with Gasteiger partial charge in [-0.3, -0.25) is 9.78 Å². The minimum absolute atomic E-state index is 0.00101. The Morgan fingerprint density at radius 3 is 2.72 bits per heavy atom. The molecule has 2 heterocycles. The summed E-state index contributed by atoms with van der Waals surface area (Å²) in [5.74, 6) is -0.535. The second-order valence-electron chi connectivity index (χ2n) is 7.46. The highest BCUT2D eigenvalue weighted by Crippen LogP contribution is 2.30. The predicted molar refractivity (Wildman–Crippen MR) is 109 cm³/mol. The lowest BCUT2D eigenvalue weighted by Gasteiger charge is -2.19. The van der Waals surface area contributed by atoms with Crippen molar-refractivity contribution in [3.8, 4) is 5.75 Å². The van der Waals surface area contributed by atoms with Gasteiger partial charge in [0.05, 0.1) is 23.2 Å². The third kappa shape index (κ3) is 4.01. The molecule has 29 heavy (non-hydrogen) atoms. The van der Waals surface area contributed by atoms with Gasteiger partial charge in [0.25, 0.3) is 5.56 Å². The first kappa shape index (κ1) is 20.6. The number of amides is 1. The van der Waals surface area contributed by atoms with Gasteiger partial charge in [-0.1, -0.05) is 6.92 Å². The predicted octanol–water partition coefficient (Wildman–Crippen LogP) is 3.60. The molecule has 2 unspecified atom stereocenters. The Hall–Kier alpha value is -3.16. The molecule has 2 aromatic heterocycles. The summed E-state index contributed by atoms with van der Waals surface area (Å²) in [6.07, 6.45) is 1.08. The molecule has 3 aromatic rings. The van der Waals surface area contributed by atoms with Crippen LogP contribution in [0.3, 0.4) is 0 Å². The molecular formula is C21H24FN3O4. The van der Waals surface area contributed by atoms with Gasteiger partial charge in [-0.05, 0) is 49.8 Å². The number of rotatable bonds is 6. The van der Waals surface area contributed by atoms with Crippen LogP contribution in [0.1, 0.15) is 26.0 Å². The Labute approximate surface area is 167 Å². The fourth-order valence-electron chi connectivity index (χ4n) is 3.71. The van der Waals surface area contributed by atoms with Crippen LogP contribution in [0, 0.1) is 18.7 Å². The van der Waals surface area contributed by atoms with Gasteiger partial charge in [-0.25, -0.2) is 9.18 Å². The zero-order chi connectivity index (χ0) is 21.3. The van der Waals surface area contributed by atoms with Gasteiger partial charge in [0.1, 0.15) is 0 Å². The van der Waals surface area contributed by atoms with Gasteiger partial charge >= 0.3 is 6.09 Å². The molecule has 7 nitrogen and oxygen atoms in total. The first-order valence-electron chi connectivity index (χ1n) is 9.39. The van der Waals surface area contributed by atoms with Crippen molar-refractivity contribution in [3.05, 3.63) is 46.3 Å². The number of ether oxygens (including phenoxy) is 1. The lowest BCUT2D eigenvalue weighted by Crippen LogP contribution is -2.33. The fourth-order valence-corrected chi connectivity index (χ4v) is 3.71. The van der Waals surface area contributed by atoms with E-state index in [1.807, 2.05) is 6.92 Å². The van der Waals surface area contributed by atoms with E-state index >= 15 is 4.39 Å². The number of carboxylic acid groups (broad SMARTS) is 1. The maximum atomic E-state index is 15.2. The van der Waals surface area contributed by atoms with Crippen LogP contribution in [0.4, 0.5) is 9.18 Å². The molecule has 0 aliphatic rings. The molecule has 0 fully saturated rings. The smallest absolute Gasteiger partial charge is 0.404 e. The van der Waals surface area contributed by atoms with Crippen LogP contribution in [0.15, 0.2) is 29.2 Å². The van der Waals surface area contributed by atoms with Crippen molar-refractivity contribution in [1.29, 1.82) is 0 Å². The van der Waals surface area contributed by atoms with Crippen LogP contribution >= 0.6 is 0 Å². The second-order valence-corrected chi connectivity index (χ2v) is 7.46. The molecule has 0 saturated heterocycles. The monoisotopic (exact) mass is 401 g/mol. The minimum Gasteiger partial charge on any atom is -0.490 e. The summed E-state index contributed by atoms with van der Waals surface area (Å²) in [5.41, 5.74) is 0.471. The summed E-state index contributed by atoms with van der Waals surface area (Å²) < 4.78 is 22.2. The van der Waals surface area contributed by atoms with E-state index in [9.17, 15) is 9.59 Å². The standard InChI is InChI=1S/C21H24FN3O4/c1-11(9-12(2)24-21(27)28)10-29-16-6-5-15-14-7-8-23-13(3)17(14)20(26)25(4)19(15)18(16)22/h5-8,11-12,24H,9-10H2,1-4H3,(H,27,28). The van der Waals surface area contributed by atoms with E-state index in [0.717, 1.165) is 0 Å². The van der Waals surface area contributed by atoms with Crippen molar-refractivity contribution >= 4 is 27.8 Å². The Morgan fingerprint density at radius 1 is 1.31 bits per heavy atom. The molecule has 154 valence electrons. The lowest BCUT2D eigenvalue weighted by atomic mass is 10.0. The third-order valence-electron chi connectivity index (χ3n) is 5.01. The number of aryl methyl sites for hydroxylation is 2. The summed E-state index contributed by atoms with van der Waals surface area (Å²) in [4.78, 5) is 27.6. The molecule has 2 N–H and O–H groups in total. The molecule has 0 aliphatic carbocycles. The zero-order valence-electron chi connectivity index (χ0n) is 16.8. The minimum atomic E-state index is -1.08. The number of hydrogen-bond donors (Lipinski definition) is 2. The van der Waals surface area contributed by atoms with E-state index in [1.165, 1.54) is 11.6 Å². The molecule has 0 bridgehead atoms. The molecule has 1 aromatic carbocycles. The normalized spacial score (nSPS) is 13.4. The van der Waals surface area contributed by atoms with Gasteiger partial charge in [0.15, 0.2) is 11.6 Å². The van der Waals surface area contributed by atoms with Crippen molar-refractivity contribution in [2.24, 2.45) is 13.0 Å². The average Bonchev–Trinajstić information content (AvgIpc) is 2.64. The molecule has 2 atom stereocenters. The average molecular weight is 401 g/mol. The number of fused-ring (bicyclic) bond motifs is 3. The zero-order valence-corrected chi connectivity index (χ0v) is 16.8. The van der Waals surface area contributed by atoms with Gasteiger partial charge in [0, 0.05) is 24.7 Å². The first-order valence-corrected chi connectivity index (χ1v) is 9.39. The highest BCUT2D eigenvalue weighted by atomic mass is 19.1. The Bertz CT molecular complexity index is 1140. The van der Waals surface area contributed by atoms with Gasteiger partial charge in [-0.2, -0.15) is 0 Å². The Morgan fingerprint density at radius 2 is 2.03 bits per heavy atom. The summed E-state index contributed by atoms with van der Waals surface area (Å²) in [6, 6.07) is 4.78. The summed E-state index contributed by atoms with van der Waals surface area (Å²) in [5, 5.41) is 12.9. The maximum absolute atomic E-state index is 15.2. The molecular weight excluding hydrogens is 377 g/mol. The molecule has 8 heteroatoms. The molecule has 0 aliphatic heterocycles. The highest BCUT2D eigenvalue weighted by Gasteiger charge is 2.18. The molecule has 0 radical (unpaired) electrons. The largest absolute Gasteiger partial charge is 0.490 e. The highest BCUT2D eigenvalue weighted by molar-refractivity contribution is 6.06. The number of halogens is 1. The number of aromatic nitrogens is 2. The van der Waals surface area contributed by atoms with E-state index < -0.39 is 11.9 Å². The van der Waals surface area contributed by atoms with Gasteiger partial charge in [-0.15, -0.1) is 0 Å². The van der Waals surface area contributed by atoms with Gasteiger partial charge in [0.2, 0.25) is 0 Å². The topological polar surface area (TPSA) is 93.5 Å². The Balaban J connectivity index is 1.93. The number of hydrogen-bond acceptors (Lipinski definition) is 4. The SMILES string of the molecule is Cc1nccc2c1c(=O)n(C)c1c(F)c(OCC(C)CC(C)NC(=O)O)ccc21. The van der Waals surface area contributed by atoms with Crippen LogP contribution in [0.25, 0.3) is 21.7 Å². The number of nitrogens with one attached hydrogen (secondary N) is 1. The van der Waals surface area contributed by atoms with Crippen molar-refractivity contribution < 1.29 is 19.0 Å². The fraction of sp³-hybridized carbons (Fsp3) is 0.381. The Kier molecular flexibility index (Phi) is 5.72. The van der Waals surface area contributed by atoms with Crippen LogP contribution < -0.4 is 15.6 Å². The van der Waals surface area contributed by atoms with Crippen molar-refractivity contribution in [3.63, 3.8) is 0 Å². The number of pyridine rings is 2. The van der Waals surface area contributed by atoms with E-state index in [-0.39, 0.29) is 35.4 Å². The van der Waals surface area contributed by atoms with Crippen molar-refractivity contribution in [2.75, 3.05) is 6.61 Å². The summed E-state index contributed by atoms with van der Waals surface area (Å²) in [6.45, 7) is 5.64. The van der Waals surface area contributed by atoms with Crippen molar-refractivity contribution in [2.45, 2.75) is 33.2 Å². The number of benzene rings is 1. The second kappa shape index (κ2) is 8.06. The van der Waals surface area contributed by atoms with Crippen LogP contribution in [-0.4, -0.2) is 33.4 Å². The van der Waals surface area contributed by atoms with E-state index in [4.69, 9.17) is 9.84 Å². The molecule has 0 saturated carbocycles. The molecule has 1 amide bonds. The molecule has 0 spiro atoms. The summed E-state index contributed by atoms with van der Waals surface area (Å²) in [7, 11) is 1.53. The van der Waals surface area contributed by atoms with Crippen LogP contribution in [0.2, 0.25) is 0 Å². The van der Waals surface area contributed by atoms with Gasteiger partial charge < -0.3 is 19.7 Å². The third-order valence-corrected chi connectivity index (χ3v) is 5.01. The van der Waals surface area contributed by atoms with E-state index in [1.54, 1.807) is 38.2 Å². The first-order chi connectivity index (χ1) is 13.7. The number of carbonyl (C=O) groups is 1. The van der Waals surface area contributed by atoms with E-state index in [2.05, 4.69) is 10.3 Å². The van der Waals surface area contributed by atoms with E-state index in [0.29, 0.717) is 28.3 Å². The van der Waals surface area contributed by atoms with Crippen LogP contribution in [0.5, 0.6) is 5.75 Å².